The Morgan fingerprint density at radius 1 is 1.09 bits per heavy atom. The number of hydrogen-bond acceptors (Lipinski definition) is 5. The van der Waals surface area contributed by atoms with E-state index in [1.165, 1.54) is 18.9 Å². The average Bonchev–Trinajstić information content (AvgIpc) is 3.37. The van der Waals surface area contributed by atoms with E-state index in [9.17, 15) is 19.5 Å². The summed E-state index contributed by atoms with van der Waals surface area (Å²) in [5.74, 6) is -1.66. The van der Waals surface area contributed by atoms with Crippen LogP contribution in [0.25, 0.3) is 11.1 Å². The average molecular weight is 438 g/mol. The molecular formula is C24H26N2O6. The van der Waals surface area contributed by atoms with Gasteiger partial charge in [-0.25, -0.2) is 9.59 Å². The number of carbonyl (C=O) groups is 3. The number of nitrogens with one attached hydrogen (secondary N) is 1. The monoisotopic (exact) mass is 438 g/mol. The molecular weight excluding hydrogens is 412 g/mol. The molecule has 8 nitrogen and oxygen atoms in total. The van der Waals surface area contributed by atoms with Crippen LogP contribution in [0, 0.1) is 0 Å². The smallest absolute Gasteiger partial charge is 0.407 e. The number of rotatable bonds is 6. The number of nitrogens with zero attached hydrogens (tertiary/aromatic N) is 1. The summed E-state index contributed by atoms with van der Waals surface area (Å²) in [5.41, 5.74) is 4.44. The zero-order valence-corrected chi connectivity index (χ0v) is 18.0. The first-order valence-corrected chi connectivity index (χ1v) is 10.6. The summed E-state index contributed by atoms with van der Waals surface area (Å²) >= 11 is 0. The Morgan fingerprint density at radius 3 is 2.25 bits per heavy atom. The van der Waals surface area contributed by atoms with E-state index in [0.29, 0.717) is 0 Å². The molecule has 3 atom stereocenters. The Hall–Kier alpha value is -3.39. The molecule has 0 bridgehead atoms. The Morgan fingerprint density at radius 2 is 1.69 bits per heavy atom. The minimum Gasteiger partial charge on any atom is -0.480 e. The summed E-state index contributed by atoms with van der Waals surface area (Å²) in [6.45, 7) is 1.82. The van der Waals surface area contributed by atoms with Crippen molar-refractivity contribution in [2.75, 3.05) is 20.3 Å². The van der Waals surface area contributed by atoms with Crippen LogP contribution in [0.5, 0.6) is 0 Å². The molecule has 8 heteroatoms. The summed E-state index contributed by atoms with van der Waals surface area (Å²) in [6.07, 6.45) is -0.848. The van der Waals surface area contributed by atoms with Gasteiger partial charge in [0.25, 0.3) is 0 Å². The number of benzene rings is 2. The van der Waals surface area contributed by atoms with E-state index < -0.39 is 30.1 Å². The van der Waals surface area contributed by atoms with Crippen LogP contribution < -0.4 is 5.32 Å². The number of carboxylic acid groups (broad SMARTS) is 1. The van der Waals surface area contributed by atoms with Crippen molar-refractivity contribution in [2.45, 2.75) is 37.5 Å². The van der Waals surface area contributed by atoms with E-state index in [4.69, 9.17) is 9.47 Å². The molecule has 2 aromatic rings. The van der Waals surface area contributed by atoms with E-state index in [-0.39, 0.29) is 31.6 Å². The molecule has 2 aliphatic rings. The molecule has 2 amide bonds. The van der Waals surface area contributed by atoms with Crippen molar-refractivity contribution < 1.29 is 29.0 Å². The summed E-state index contributed by atoms with van der Waals surface area (Å²) in [5, 5.41) is 11.9. The SMILES string of the molecule is COC1CC(C(=O)O)N(C(=O)[C@H](C)NC(=O)OCC2c3ccccc3-c3ccccc32)C1. The van der Waals surface area contributed by atoms with Crippen LogP contribution in [0.2, 0.25) is 0 Å². The maximum atomic E-state index is 12.8. The molecule has 2 unspecified atom stereocenters. The lowest BCUT2D eigenvalue weighted by Gasteiger charge is -2.25. The number of carbonyl (C=O) groups excluding carboxylic acids is 2. The summed E-state index contributed by atoms with van der Waals surface area (Å²) in [7, 11) is 1.48. The molecule has 1 saturated heterocycles. The minimum atomic E-state index is -1.09. The van der Waals surface area contributed by atoms with Gasteiger partial charge in [0.1, 0.15) is 18.7 Å². The van der Waals surface area contributed by atoms with Gasteiger partial charge in [-0.05, 0) is 29.2 Å². The van der Waals surface area contributed by atoms with Crippen molar-refractivity contribution >= 4 is 18.0 Å². The predicted molar refractivity (Wildman–Crippen MR) is 116 cm³/mol. The fourth-order valence-electron chi connectivity index (χ4n) is 4.57. The normalized spacial score (nSPS) is 20.4. The number of alkyl carbamates (subject to hydrolysis) is 1. The number of fused-ring (bicyclic) bond motifs is 3. The molecule has 1 aliphatic heterocycles. The number of methoxy groups -OCH3 is 1. The molecule has 0 saturated carbocycles. The van der Waals surface area contributed by atoms with Crippen LogP contribution in [-0.4, -0.2) is 66.4 Å². The van der Waals surface area contributed by atoms with Gasteiger partial charge in [0.2, 0.25) is 5.91 Å². The summed E-state index contributed by atoms with van der Waals surface area (Å²) < 4.78 is 10.7. The second-order valence-electron chi connectivity index (χ2n) is 8.13. The van der Waals surface area contributed by atoms with Crippen LogP contribution in [0.1, 0.15) is 30.4 Å². The fourth-order valence-corrected chi connectivity index (χ4v) is 4.57. The number of hydrogen-bond donors (Lipinski definition) is 2. The van der Waals surface area contributed by atoms with E-state index in [1.54, 1.807) is 0 Å². The largest absolute Gasteiger partial charge is 0.480 e. The van der Waals surface area contributed by atoms with Gasteiger partial charge in [-0.15, -0.1) is 0 Å². The van der Waals surface area contributed by atoms with E-state index >= 15 is 0 Å². The van der Waals surface area contributed by atoms with Crippen molar-refractivity contribution in [1.29, 1.82) is 0 Å². The predicted octanol–water partition coefficient (Wildman–Crippen LogP) is 2.61. The quantitative estimate of drug-likeness (QED) is 0.718. The highest BCUT2D eigenvalue weighted by atomic mass is 16.5. The molecule has 0 aromatic heterocycles. The van der Waals surface area contributed by atoms with Crippen molar-refractivity contribution in [1.82, 2.24) is 10.2 Å². The van der Waals surface area contributed by atoms with Gasteiger partial charge in [-0.3, -0.25) is 4.79 Å². The first kappa shape index (κ1) is 21.8. The molecule has 0 radical (unpaired) electrons. The van der Waals surface area contributed by atoms with Gasteiger partial charge in [-0.2, -0.15) is 0 Å². The first-order chi connectivity index (χ1) is 15.4. The highest BCUT2D eigenvalue weighted by Crippen LogP contribution is 2.44. The van der Waals surface area contributed by atoms with E-state index in [0.717, 1.165) is 22.3 Å². The molecule has 32 heavy (non-hydrogen) atoms. The van der Waals surface area contributed by atoms with Gasteiger partial charge >= 0.3 is 12.1 Å². The van der Waals surface area contributed by atoms with Crippen LogP contribution in [0.15, 0.2) is 48.5 Å². The van der Waals surface area contributed by atoms with Crippen molar-refractivity contribution in [3.05, 3.63) is 59.7 Å². The highest BCUT2D eigenvalue weighted by molar-refractivity contribution is 5.89. The van der Waals surface area contributed by atoms with Crippen molar-refractivity contribution in [3.8, 4) is 11.1 Å². The second kappa shape index (κ2) is 9.00. The topological polar surface area (TPSA) is 105 Å². The maximum absolute atomic E-state index is 12.8. The molecule has 168 valence electrons. The van der Waals surface area contributed by atoms with Crippen LogP contribution in [-0.2, 0) is 19.1 Å². The Kier molecular flexibility index (Phi) is 6.14. The zero-order valence-electron chi connectivity index (χ0n) is 18.0. The number of likely N-dealkylation sites (tertiary alicyclic amines) is 1. The summed E-state index contributed by atoms with van der Waals surface area (Å²) in [4.78, 5) is 38.0. The maximum Gasteiger partial charge on any atom is 0.407 e. The standard InChI is InChI=1S/C24H26N2O6/c1-14(22(27)26-12-15(31-2)11-21(26)23(28)29)25-24(30)32-13-20-18-9-5-3-7-16(18)17-8-4-6-10-19(17)20/h3-10,14-15,20-21H,11-13H2,1-2H3,(H,25,30)(H,28,29)/t14-,15?,21?/m0/s1. The molecule has 1 aliphatic carbocycles. The van der Waals surface area contributed by atoms with Crippen LogP contribution in [0.3, 0.4) is 0 Å². The van der Waals surface area contributed by atoms with Crippen LogP contribution >= 0.6 is 0 Å². The van der Waals surface area contributed by atoms with Crippen molar-refractivity contribution in [2.24, 2.45) is 0 Å². The number of ether oxygens (including phenoxy) is 2. The van der Waals surface area contributed by atoms with E-state index in [2.05, 4.69) is 17.4 Å². The third-order valence-electron chi connectivity index (χ3n) is 6.21. The molecule has 1 heterocycles. The molecule has 0 spiro atoms. The third kappa shape index (κ3) is 4.05. The highest BCUT2D eigenvalue weighted by Gasteiger charge is 2.41. The lowest BCUT2D eigenvalue weighted by atomic mass is 9.98. The van der Waals surface area contributed by atoms with Gasteiger partial charge in [0.15, 0.2) is 0 Å². The summed E-state index contributed by atoms with van der Waals surface area (Å²) in [6, 6.07) is 14.1. The third-order valence-corrected chi connectivity index (χ3v) is 6.21. The second-order valence-corrected chi connectivity index (χ2v) is 8.13. The molecule has 4 rings (SSSR count). The van der Waals surface area contributed by atoms with Gasteiger partial charge in [-0.1, -0.05) is 48.5 Å². The van der Waals surface area contributed by atoms with Crippen molar-refractivity contribution in [3.63, 3.8) is 0 Å². The molecule has 1 fully saturated rings. The Balaban J connectivity index is 1.38. The lowest BCUT2D eigenvalue weighted by Crippen LogP contribution is -2.50. The number of amides is 2. The van der Waals surface area contributed by atoms with Gasteiger partial charge < -0.3 is 24.8 Å². The van der Waals surface area contributed by atoms with Gasteiger partial charge in [0, 0.05) is 26.0 Å². The number of carboxylic acids is 1. The first-order valence-electron chi connectivity index (χ1n) is 10.6. The van der Waals surface area contributed by atoms with Crippen LogP contribution in [0.4, 0.5) is 4.79 Å². The fraction of sp³-hybridized carbons (Fsp3) is 0.375. The van der Waals surface area contributed by atoms with Gasteiger partial charge in [0.05, 0.1) is 6.10 Å². The lowest BCUT2D eigenvalue weighted by molar-refractivity contribution is -0.148. The Bertz CT molecular complexity index is 993. The number of aliphatic carboxylic acids is 1. The Labute approximate surface area is 186 Å². The van der Waals surface area contributed by atoms with E-state index in [1.807, 2.05) is 36.4 Å². The zero-order chi connectivity index (χ0) is 22.8. The minimum absolute atomic E-state index is 0.0865. The molecule has 2 N–H and O–H groups in total. The molecule has 2 aromatic carbocycles.